The Morgan fingerprint density at radius 2 is 1.66 bits per heavy atom. The monoisotopic (exact) mass is 388 g/mol. The SMILES string of the molecule is CCn1ncc(NC(=O)/C(=C\c2ccccc2)c2ccccc2)c1C(=O)N(C)C. The van der Waals surface area contributed by atoms with E-state index in [4.69, 9.17) is 0 Å². The van der Waals surface area contributed by atoms with Gasteiger partial charge in [-0.15, -0.1) is 0 Å². The summed E-state index contributed by atoms with van der Waals surface area (Å²) >= 11 is 0. The number of carbonyl (C=O) groups excluding carboxylic acids is 2. The largest absolute Gasteiger partial charge is 0.343 e. The summed E-state index contributed by atoms with van der Waals surface area (Å²) in [6.07, 6.45) is 3.35. The highest BCUT2D eigenvalue weighted by Gasteiger charge is 2.22. The number of nitrogens with one attached hydrogen (secondary N) is 1. The van der Waals surface area contributed by atoms with Crippen molar-refractivity contribution in [2.24, 2.45) is 0 Å². The smallest absolute Gasteiger partial charge is 0.273 e. The van der Waals surface area contributed by atoms with E-state index in [2.05, 4.69) is 10.4 Å². The Labute approximate surface area is 170 Å². The number of nitrogens with zero attached hydrogens (tertiary/aromatic N) is 3. The summed E-state index contributed by atoms with van der Waals surface area (Å²) < 4.78 is 1.58. The summed E-state index contributed by atoms with van der Waals surface area (Å²) in [7, 11) is 3.34. The van der Waals surface area contributed by atoms with Crippen molar-refractivity contribution in [2.45, 2.75) is 13.5 Å². The number of amides is 2. The Morgan fingerprint density at radius 3 is 2.24 bits per heavy atom. The molecule has 0 saturated carbocycles. The maximum Gasteiger partial charge on any atom is 0.273 e. The van der Waals surface area contributed by atoms with Crippen LogP contribution in [-0.2, 0) is 11.3 Å². The molecule has 0 bridgehead atoms. The summed E-state index contributed by atoms with van der Waals surface area (Å²) in [5.74, 6) is -0.517. The Morgan fingerprint density at radius 1 is 1.03 bits per heavy atom. The van der Waals surface area contributed by atoms with Gasteiger partial charge in [-0.1, -0.05) is 60.7 Å². The maximum absolute atomic E-state index is 13.2. The Hall–Kier alpha value is -3.67. The molecule has 29 heavy (non-hydrogen) atoms. The second-order valence-corrected chi connectivity index (χ2v) is 6.71. The van der Waals surface area contributed by atoms with Gasteiger partial charge >= 0.3 is 0 Å². The van der Waals surface area contributed by atoms with Crippen LogP contribution in [-0.4, -0.2) is 40.6 Å². The second kappa shape index (κ2) is 9.01. The fourth-order valence-electron chi connectivity index (χ4n) is 2.96. The zero-order chi connectivity index (χ0) is 20.8. The highest BCUT2D eigenvalue weighted by molar-refractivity contribution is 6.29. The highest BCUT2D eigenvalue weighted by Crippen LogP contribution is 2.23. The molecule has 2 amide bonds. The Kier molecular flexibility index (Phi) is 6.24. The number of aryl methyl sites for hydroxylation is 1. The molecule has 6 nitrogen and oxygen atoms in total. The molecule has 0 spiro atoms. The van der Waals surface area contributed by atoms with E-state index in [1.807, 2.05) is 73.7 Å². The van der Waals surface area contributed by atoms with Gasteiger partial charge in [0.2, 0.25) is 0 Å². The van der Waals surface area contributed by atoms with Gasteiger partial charge in [0.15, 0.2) is 0 Å². The molecule has 0 aliphatic rings. The molecular weight excluding hydrogens is 364 g/mol. The zero-order valence-corrected chi connectivity index (χ0v) is 16.8. The molecule has 0 fully saturated rings. The number of aromatic nitrogens is 2. The standard InChI is InChI=1S/C23H24N4O2/c1-4-27-21(23(29)26(2)3)20(16-24-27)25-22(28)19(18-13-9-6-10-14-18)15-17-11-7-5-8-12-17/h5-16H,4H2,1-3H3,(H,25,28)/b19-15-. The lowest BCUT2D eigenvalue weighted by atomic mass is 10.0. The van der Waals surface area contributed by atoms with E-state index in [1.54, 1.807) is 18.8 Å². The third-order valence-electron chi connectivity index (χ3n) is 4.44. The molecule has 2 aromatic carbocycles. The lowest BCUT2D eigenvalue weighted by Crippen LogP contribution is -2.26. The van der Waals surface area contributed by atoms with Crippen LogP contribution in [0.15, 0.2) is 66.9 Å². The van der Waals surface area contributed by atoms with Crippen LogP contribution in [0, 0.1) is 0 Å². The Bertz CT molecular complexity index is 1020. The summed E-state index contributed by atoms with van der Waals surface area (Å²) in [6.45, 7) is 2.42. The second-order valence-electron chi connectivity index (χ2n) is 6.71. The number of carbonyl (C=O) groups is 2. The van der Waals surface area contributed by atoms with E-state index in [-0.39, 0.29) is 11.8 Å². The number of benzene rings is 2. The molecule has 0 atom stereocenters. The Balaban J connectivity index is 2.00. The summed E-state index contributed by atoms with van der Waals surface area (Å²) in [5.41, 5.74) is 2.96. The normalized spacial score (nSPS) is 11.2. The van der Waals surface area contributed by atoms with Gasteiger partial charge in [0.05, 0.1) is 11.9 Å². The van der Waals surface area contributed by atoms with Crippen molar-refractivity contribution >= 4 is 29.2 Å². The average molecular weight is 388 g/mol. The van der Waals surface area contributed by atoms with Gasteiger partial charge < -0.3 is 10.2 Å². The molecule has 0 unspecified atom stereocenters. The van der Waals surface area contributed by atoms with Crippen LogP contribution < -0.4 is 5.32 Å². The first-order valence-electron chi connectivity index (χ1n) is 9.42. The van der Waals surface area contributed by atoms with Crippen molar-refractivity contribution in [3.05, 3.63) is 83.7 Å². The van der Waals surface area contributed by atoms with Crippen LogP contribution in [0.3, 0.4) is 0 Å². The lowest BCUT2D eigenvalue weighted by molar-refractivity contribution is -0.111. The molecule has 1 heterocycles. The van der Waals surface area contributed by atoms with Gasteiger partial charge in [0.1, 0.15) is 5.69 Å². The van der Waals surface area contributed by atoms with Crippen LogP contribution >= 0.6 is 0 Å². The average Bonchev–Trinajstić information content (AvgIpc) is 3.15. The molecule has 3 aromatic rings. The fraction of sp³-hybridized carbons (Fsp3) is 0.174. The van der Waals surface area contributed by atoms with Crippen LogP contribution in [0.1, 0.15) is 28.5 Å². The van der Waals surface area contributed by atoms with Gasteiger partial charge in [0.25, 0.3) is 11.8 Å². The zero-order valence-electron chi connectivity index (χ0n) is 16.8. The molecule has 1 N–H and O–H groups in total. The first-order chi connectivity index (χ1) is 14.0. The van der Waals surface area contributed by atoms with Gasteiger partial charge in [-0.2, -0.15) is 5.10 Å². The van der Waals surface area contributed by atoms with Crippen LogP contribution in [0.2, 0.25) is 0 Å². The van der Waals surface area contributed by atoms with Crippen molar-refractivity contribution in [3.8, 4) is 0 Å². The van der Waals surface area contributed by atoms with Crippen molar-refractivity contribution in [1.82, 2.24) is 14.7 Å². The van der Waals surface area contributed by atoms with Crippen LogP contribution in [0.25, 0.3) is 11.6 Å². The predicted octanol–water partition coefficient (Wildman–Crippen LogP) is 3.78. The fourth-order valence-corrected chi connectivity index (χ4v) is 2.96. The topological polar surface area (TPSA) is 67.2 Å². The first-order valence-corrected chi connectivity index (χ1v) is 9.42. The van der Waals surface area contributed by atoms with Crippen LogP contribution in [0.4, 0.5) is 5.69 Å². The van der Waals surface area contributed by atoms with Gasteiger partial charge in [-0.25, -0.2) is 0 Å². The number of hydrogen-bond acceptors (Lipinski definition) is 3. The van der Waals surface area contributed by atoms with E-state index in [0.29, 0.717) is 23.5 Å². The van der Waals surface area contributed by atoms with E-state index < -0.39 is 0 Å². The molecular formula is C23H24N4O2. The summed E-state index contributed by atoms with van der Waals surface area (Å²) in [4.78, 5) is 27.3. The number of hydrogen-bond donors (Lipinski definition) is 1. The summed E-state index contributed by atoms with van der Waals surface area (Å²) in [5, 5.41) is 7.12. The van der Waals surface area contributed by atoms with E-state index in [0.717, 1.165) is 11.1 Å². The van der Waals surface area contributed by atoms with Crippen molar-refractivity contribution in [1.29, 1.82) is 0 Å². The van der Waals surface area contributed by atoms with Gasteiger partial charge in [0, 0.05) is 26.2 Å². The molecule has 148 valence electrons. The van der Waals surface area contributed by atoms with Crippen molar-refractivity contribution in [3.63, 3.8) is 0 Å². The quantitative estimate of drug-likeness (QED) is 0.516. The number of anilines is 1. The maximum atomic E-state index is 13.2. The molecule has 0 aliphatic heterocycles. The molecule has 0 radical (unpaired) electrons. The third kappa shape index (κ3) is 4.60. The first kappa shape index (κ1) is 20.1. The minimum absolute atomic E-state index is 0.215. The van der Waals surface area contributed by atoms with Crippen LogP contribution in [0.5, 0.6) is 0 Å². The lowest BCUT2D eigenvalue weighted by Gasteiger charge is -2.14. The van der Waals surface area contributed by atoms with E-state index >= 15 is 0 Å². The van der Waals surface area contributed by atoms with Gasteiger partial charge in [-0.3, -0.25) is 14.3 Å². The van der Waals surface area contributed by atoms with Gasteiger partial charge in [-0.05, 0) is 24.1 Å². The minimum atomic E-state index is -0.302. The predicted molar refractivity (Wildman–Crippen MR) is 115 cm³/mol. The third-order valence-corrected chi connectivity index (χ3v) is 4.44. The van der Waals surface area contributed by atoms with E-state index in [9.17, 15) is 9.59 Å². The number of rotatable bonds is 6. The minimum Gasteiger partial charge on any atom is -0.343 e. The van der Waals surface area contributed by atoms with Crippen molar-refractivity contribution < 1.29 is 9.59 Å². The molecule has 0 aliphatic carbocycles. The van der Waals surface area contributed by atoms with Crippen molar-refractivity contribution in [2.75, 3.05) is 19.4 Å². The van der Waals surface area contributed by atoms with E-state index in [1.165, 1.54) is 11.1 Å². The molecule has 0 saturated heterocycles. The highest BCUT2D eigenvalue weighted by atomic mass is 16.2. The molecule has 3 rings (SSSR count). The molecule has 6 heteroatoms. The molecule has 1 aromatic heterocycles. The summed E-state index contributed by atoms with van der Waals surface area (Å²) in [6, 6.07) is 19.1.